The molecular weight excluding hydrogens is 310 g/mol. The van der Waals surface area contributed by atoms with Gasteiger partial charge in [0.2, 0.25) is 0 Å². The predicted octanol–water partition coefficient (Wildman–Crippen LogP) is 1.97. The van der Waals surface area contributed by atoms with Crippen molar-refractivity contribution in [3.8, 4) is 17.1 Å². The number of fused-ring (bicyclic) bond motifs is 1. The number of para-hydroxylation sites is 1. The minimum absolute atomic E-state index is 0.200. The van der Waals surface area contributed by atoms with Crippen LogP contribution in [0.3, 0.4) is 0 Å². The van der Waals surface area contributed by atoms with Crippen molar-refractivity contribution in [3.05, 3.63) is 64.6 Å². The van der Waals surface area contributed by atoms with Gasteiger partial charge in [-0.1, -0.05) is 23.4 Å². The van der Waals surface area contributed by atoms with Crippen molar-refractivity contribution in [1.82, 2.24) is 10.1 Å². The monoisotopic (exact) mass is 323 g/mol. The second-order valence-corrected chi connectivity index (χ2v) is 5.43. The minimum atomic E-state index is -0.611. The highest BCUT2D eigenvalue weighted by atomic mass is 16.5. The lowest BCUT2D eigenvalue weighted by Crippen LogP contribution is -2.31. The van der Waals surface area contributed by atoms with E-state index in [0.717, 1.165) is 11.3 Å². The number of H-pyrrole nitrogens is 1. The summed E-state index contributed by atoms with van der Waals surface area (Å²) in [5, 5.41) is 6.44. The van der Waals surface area contributed by atoms with Crippen LogP contribution < -0.4 is 15.8 Å². The van der Waals surface area contributed by atoms with Gasteiger partial charge in [0.25, 0.3) is 5.91 Å². The summed E-state index contributed by atoms with van der Waals surface area (Å²) in [6.07, 6.45) is 0.0225. The summed E-state index contributed by atoms with van der Waals surface area (Å²) in [4.78, 5) is 25.8. The van der Waals surface area contributed by atoms with Crippen molar-refractivity contribution < 1.29 is 14.1 Å². The van der Waals surface area contributed by atoms with E-state index < -0.39 is 11.9 Å². The molecule has 0 saturated heterocycles. The van der Waals surface area contributed by atoms with Gasteiger partial charge in [-0.3, -0.25) is 14.3 Å². The molecule has 24 heavy (non-hydrogen) atoms. The zero-order chi connectivity index (χ0) is 16.5. The Balaban J connectivity index is 1.44. The van der Waals surface area contributed by atoms with Gasteiger partial charge >= 0.3 is 5.76 Å². The van der Waals surface area contributed by atoms with Gasteiger partial charge in [-0.25, -0.2) is 4.79 Å². The van der Waals surface area contributed by atoms with E-state index in [1.807, 2.05) is 24.3 Å². The van der Waals surface area contributed by atoms with Crippen LogP contribution in [0.4, 0.5) is 5.69 Å². The Labute approximate surface area is 136 Å². The summed E-state index contributed by atoms with van der Waals surface area (Å²) >= 11 is 0. The molecule has 1 aliphatic heterocycles. The van der Waals surface area contributed by atoms with Crippen LogP contribution in [0, 0.1) is 0 Å². The van der Waals surface area contributed by atoms with Crippen LogP contribution in [-0.4, -0.2) is 22.2 Å². The lowest BCUT2D eigenvalue weighted by atomic mass is 10.1. The second kappa shape index (κ2) is 5.69. The van der Waals surface area contributed by atoms with Gasteiger partial charge < -0.3 is 10.1 Å². The third kappa shape index (κ3) is 2.67. The average molecular weight is 323 g/mol. The standard InChI is InChI=1S/C17H13N3O4/c21-16(14-9-11-3-1-2-4-13(11)23-14)18-12-7-5-10(6-8-12)15-19-17(22)24-20-15/h1-8,14H,9H2,(H,18,21)(H,19,20,22). The molecule has 7 heteroatoms. The number of hydrogen-bond acceptors (Lipinski definition) is 5. The van der Waals surface area contributed by atoms with Crippen LogP contribution >= 0.6 is 0 Å². The third-order valence-corrected chi connectivity index (χ3v) is 3.81. The fraction of sp³-hybridized carbons (Fsp3) is 0.118. The molecular formula is C17H13N3O4. The van der Waals surface area contributed by atoms with Gasteiger partial charge in [0, 0.05) is 17.7 Å². The molecule has 7 nitrogen and oxygen atoms in total. The van der Waals surface area contributed by atoms with Crippen molar-refractivity contribution >= 4 is 11.6 Å². The summed E-state index contributed by atoms with van der Waals surface area (Å²) in [7, 11) is 0. The summed E-state index contributed by atoms with van der Waals surface area (Å²) in [5.74, 6) is 0.282. The molecule has 0 bridgehead atoms. The zero-order valence-electron chi connectivity index (χ0n) is 12.5. The Morgan fingerprint density at radius 3 is 2.67 bits per heavy atom. The Kier molecular flexibility index (Phi) is 3.38. The molecule has 1 amide bonds. The smallest absolute Gasteiger partial charge is 0.439 e. The highest BCUT2D eigenvalue weighted by Crippen LogP contribution is 2.28. The molecule has 2 N–H and O–H groups in total. The SMILES string of the molecule is O=C(Nc1ccc(-c2noc(=O)[nH]2)cc1)C1Cc2ccccc2O1. The molecule has 2 aromatic carbocycles. The highest BCUT2D eigenvalue weighted by molar-refractivity contribution is 5.95. The van der Waals surface area contributed by atoms with Crippen molar-refractivity contribution in [2.24, 2.45) is 0 Å². The average Bonchev–Trinajstić information content (AvgIpc) is 3.21. The number of nitrogens with one attached hydrogen (secondary N) is 2. The fourth-order valence-corrected chi connectivity index (χ4v) is 2.62. The topological polar surface area (TPSA) is 97.2 Å². The molecule has 120 valence electrons. The van der Waals surface area contributed by atoms with Gasteiger partial charge in [0.1, 0.15) is 5.75 Å². The molecule has 1 atom stereocenters. The van der Waals surface area contributed by atoms with Crippen molar-refractivity contribution in [1.29, 1.82) is 0 Å². The molecule has 4 rings (SSSR count). The summed E-state index contributed by atoms with van der Waals surface area (Å²) in [6, 6.07) is 14.5. The number of amides is 1. The van der Waals surface area contributed by atoms with Crippen LogP contribution in [0.2, 0.25) is 0 Å². The van der Waals surface area contributed by atoms with Crippen LogP contribution in [0.25, 0.3) is 11.4 Å². The maximum Gasteiger partial charge on any atom is 0.439 e. The molecule has 2 heterocycles. The van der Waals surface area contributed by atoms with Gasteiger partial charge in [0.15, 0.2) is 11.9 Å². The molecule has 0 fully saturated rings. The number of rotatable bonds is 3. The summed E-state index contributed by atoms with van der Waals surface area (Å²) < 4.78 is 10.1. The van der Waals surface area contributed by atoms with E-state index in [-0.39, 0.29) is 5.91 Å². The number of aromatic amines is 1. The quantitative estimate of drug-likeness (QED) is 0.768. The molecule has 0 aliphatic carbocycles. The molecule has 0 saturated carbocycles. The van der Waals surface area contributed by atoms with E-state index in [2.05, 4.69) is 20.0 Å². The van der Waals surface area contributed by atoms with E-state index in [1.165, 1.54) is 0 Å². The van der Waals surface area contributed by atoms with E-state index in [1.54, 1.807) is 24.3 Å². The van der Waals surface area contributed by atoms with Gasteiger partial charge in [-0.05, 0) is 35.9 Å². The van der Waals surface area contributed by atoms with E-state index in [9.17, 15) is 9.59 Å². The Morgan fingerprint density at radius 1 is 1.17 bits per heavy atom. The lowest BCUT2D eigenvalue weighted by Gasteiger charge is -2.11. The van der Waals surface area contributed by atoms with Crippen molar-refractivity contribution in [3.63, 3.8) is 0 Å². The molecule has 1 unspecified atom stereocenters. The number of nitrogens with zero attached hydrogens (tertiary/aromatic N) is 1. The first-order valence-electron chi connectivity index (χ1n) is 7.41. The first-order chi connectivity index (χ1) is 11.7. The van der Waals surface area contributed by atoms with Crippen LogP contribution in [-0.2, 0) is 11.2 Å². The number of hydrogen-bond donors (Lipinski definition) is 2. The molecule has 0 radical (unpaired) electrons. The van der Waals surface area contributed by atoms with E-state index >= 15 is 0 Å². The second-order valence-electron chi connectivity index (χ2n) is 5.43. The largest absolute Gasteiger partial charge is 0.480 e. The molecule has 1 aliphatic rings. The van der Waals surface area contributed by atoms with Crippen LogP contribution in [0.5, 0.6) is 5.75 Å². The van der Waals surface area contributed by atoms with Gasteiger partial charge in [-0.15, -0.1) is 0 Å². The number of ether oxygens (including phenoxy) is 1. The normalized spacial score (nSPS) is 15.6. The summed E-state index contributed by atoms with van der Waals surface area (Å²) in [6.45, 7) is 0. The van der Waals surface area contributed by atoms with Crippen molar-refractivity contribution in [2.45, 2.75) is 12.5 Å². The number of aromatic nitrogens is 2. The highest BCUT2D eigenvalue weighted by Gasteiger charge is 2.28. The zero-order valence-corrected chi connectivity index (χ0v) is 12.5. The number of carbonyl (C=O) groups excluding carboxylic acids is 1. The molecule has 0 spiro atoms. The molecule has 1 aromatic heterocycles. The predicted molar refractivity (Wildman–Crippen MR) is 85.8 cm³/mol. The number of benzene rings is 2. The minimum Gasteiger partial charge on any atom is -0.480 e. The Hall–Kier alpha value is -3.35. The number of carbonyl (C=O) groups is 1. The fourth-order valence-electron chi connectivity index (χ4n) is 2.62. The lowest BCUT2D eigenvalue weighted by molar-refractivity contribution is -0.122. The van der Waals surface area contributed by atoms with E-state index in [0.29, 0.717) is 23.5 Å². The van der Waals surface area contributed by atoms with Crippen molar-refractivity contribution in [2.75, 3.05) is 5.32 Å². The van der Waals surface area contributed by atoms with E-state index in [4.69, 9.17) is 4.74 Å². The van der Waals surface area contributed by atoms with Gasteiger partial charge in [0.05, 0.1) is 0 Å². The van der Waals surface area contributed by atoms with Crippen LogP contribution in [0.15, 0.2) is 57.8 Å². The maximum atomic E-state index is 12.3. The van der Waals surface area contributed by atoms with Gasteiger partial charge in [-0.2, -0.15) is 0 Å². The Bertz CT molecular complexity index is 918. The maximum absolute atomic E-state index is 12.3. The molecule has 3 aromatic rings. The Morgan fingerprint density at radius 2 is 1.96 bits per heavy atom. The van der Waals surface area contributed by atoms with Crippen LogP contribution in [0.1, 0.15) is 5.56 Å². The summed E-state index contributed by atoms with van der Waals surface area (Å²) in [5.41, 5.74) is 2.35. The first kappa shape index (κ1) is 14.3. The number of anilines is 1. The first-order valence-corrected chi connectivity index (χ1v) is 7.41. The third-order valence-electron chi connectivity index (χ3n) is 3.81.